The van der Waals surface area contributed by atoms with Crippen molar-refractivity contribution in [3.63, 3.8) is 0 Å². The first kappa shape index (κ1) is 12.5. The van der Waals surface area contributed by atoms with Gasteiger partial charge in [0.25, 0.3) is 0 Å². The minimum Gasteiger partial charge on any atom is -0.372 e. The number of carbonyl (C=O) groups excluding carboxylic acids is 1. The Hall–Kier alpha value is -0.610. The highest BCUT2D eigenvalue weighted by atomic mass is 16.5. The summed E-state index contributed by atoms with van der Waals surface area (Å²) in [7, 11) is 1.54. The van der Waals surface area contributed by atoms with Crippen LogP contribution in [0.2, 0.25) is 0 Å². The van der Waals surface area contributed by atoms with Crippen LogP contribution in [0, 0.1) is 5.41 Å². The molecule has 0 aromatic rings. The maximum Gasteiger partial charge on any atom is 0.248 e. The summed E-state index contributed by atoms with van der Waals surface area (Å²) in [6, 6.07) is 0. The van der Waals surface area contributed by atoms with Gasteiger partial charge in [0.1, 0.15) is 6.10 Å². The molecule has 1 rings (SSSR count). The lowest BCUT2D eigenvalue weighted by atomic mass is 9.86. The first-order valence-electron chi connectivity index (χ1n) is 5.64. The predicted molar refractivity (Wildman–Crippen MR) is 59.4 cm³/mol. The molecule has 1 atom stereocenters. The Morgan fingerprint density at radius 3 is 2.60 bits per heavy atom. The third-order valence-electron chi connectivity index (χ3n) is 3.46. The van der Waals surface area contributed by atoms with Gasteiger partial charge >= 0.3 is 0 Å². The van der Waals surface area contributed by atoms with Gasteiger partial charge < -0.3 is 15.8 Å². The molecule has 1 unspecified atom stereocenters. The topological polar surface area (TPSA) is 64.3 Å². The molecule has 1 aliphatic carbocycles. The molecule has 0 aromatic carbocycles. The molecule has 1 aliphatic rings. The van der Waals surface area contributed by atoms with Crippen molar-refractivity contribution >= 4 is 5.91 Å². The fourth-order valence-electron chi connectivity index (χ4n) is 2.10. The molecule has 0 radical (unpaired) electrons. The van der Waals surface area contributed by atoms with Crippen molar-refractivity contribution in [2.75, 3.05) is 20.2 Å². The molecule has 0 bridgehead atoms. The highest BCUT2D eigenvalue weighted by Gasteiger charge is 2.32. The van der Waals surface area contributed by atoms with Crippen molar-refractivity contribution in [3.05, 3.63) is 0 Å². The van der Waals surface area contributed by atoms with Crippen LogP contribution >= 0.6 is 0 Å². The molecule has 88 valence electrons. The van der Waals surface area contributed by atoms with Crippen LogP contribution < -0.4 is 11.1 Å². The minimum absolute atomic E-state index is 0.0442. The van der Waals surface area contributed by atoms with E-state index >= 15 is 0 Å². The summed E-state index contributed by atoms with van der Waals surface area (Å²) in [6.45, 7) is 3.10. The summed E-state index contributed by atoms with van der Waals surface area (Å²) in [4.78, 5) is 11.5. The highest BCUT2D eigenvalue weighted by Crippen LogP contribution is 2.36. The SMILES string of the molecule is COC(C)C(=O)NCC1(CN)CCCC1. The van der Waals surface area contributed by atoms with Gasteiger partial charge in [-0.25, -0.2) is 0 Å². The standard InChI is InChI=1S/C11H22N2O2/c1-9(15-2)10(14)13-8-11(7-12)5-3-4-6-11/h9H,3-8,12H2,1-2H3,(H,13,14). The summed E-state index contributed by atoms with van der Waals surface area (Å²) in [5.41, 5.74) is 5.92. The molecule has 1 fully saturated rings. The average Bonchev–Trinajstić information content (AvgIpc) is 2.74. The average molecular weight is 214 g/mol. The fraction of sp³-hybridized carbons (Fsp3) is 0.909. The molecule has 4 heteroatoms. The van der Waals surface area contributed by atoms with Gasteiger partial charge in [0, 0.05) is 13.7 Å². The lowest BCUT2D eigenvalue weighted by Gasteiger charge is -2.27. The van der Waals surface area contributed by atoms with E-state index in [1.54, 1.807) is 14.0 Å². The molecule has 4 nitrogen and oxygen atoms in total. The van der Waals surface area contributed by atoms with E-state index in [1.807, 2.05) is 0 Å². The quantitative estimate of drug-likeness (QED) is 0.706. The fourth-order valence-corrected chi connectivity index (χ4v) is 2.10. The number of hydrogen-bond donors (Lipinski definition) is 2. The van der Waals surface area contributed by atoms with Gasteiger partial charge in [-0.2, -0.15) is 0 Å². The summed E-state index contributed by atoms with van der Waals surface area (Å²) >= 11 is 0. The van der Waals surface area contributed by atoms with Gasteiger partial charge in [-0.15, -0.1) is 0 Å². The molecule has 1 saturated carbocycles. The lowest BCUT2D eigenvalue weighted by molar-refractivity contribution is -0.130. The van der Waals surface area contributed by atoms with Crippen molar-refractivity contribution in [1.82, 2.24) is 5.32 Å². The van der Waals surface area contributed by atoms with Crippen LogP contribution in [-0.2, 0) is 9.53 Å². The van der Waals surface area contributed by atoms with Crippen LogP contribution in [-0.4, -0.2) is 32.2 Å². The summed E-state index contributed by atoms with van der Waals surface area (Å²) < 4.78 is 4.95. The smallest absolute Gasteiger partial charge is 0.248 e. The van der Waals surface area contributed by atoms with Crippen molar-refractivity contribution in [2.24, 2.45) is 11.1 Å². The van der Waals surface area contributed by atoms with Crippen LogP contribution in [0.25, 0.3) is 0 Å². The molecule has 1 amide bonds. The van der Waals surface area contributed by atoms with Crippen molar-refractivity contribution in [1.29, 1.82) is 0 Å². The Morgan fingerprint density at radius 1 is 1.53 bits per heavy atom. The largest absolute Gasteiger partial charge is 0.372 e. The zero-order valence-electron chi connectivity index (χ0n) is 9.71. The van der Waals surface area contributed by atoms with Crippen LogP contribution in [0.5, 0.6) is 0 Å². The molecule has 0 saturated heterocycles. The van der Waals surface area contributed by atoms with E-state index in [1.165, 1.54) is 12.8 Å². The highest BCUT2D eigenvalue weighted by molar-refractivity contribution is 5.80. The number of hydrogen-bond acceptors (Lipinski definition) is 3. The van der Waals surface area contributed by atoms with Crippen LogP contribution in [0.4, 0.5) is 0 Å². The van der Waals surface area contributed by atoms with E-state index < -0.39 is 0 Å². The number of amides is 1. The van der Waals surface area contributed by atoms with Gasteiger partial charge in [-0.3, -0.25) is 4.79 Å². The zero-order valence-corrected chi connectivity index (χ0v) is 9.71. The lowest BCUT2D eigenvalue weighted by Crippen LogP contribution is -2.43. The van der Waals surface area contributed by atoms with Crippen molar-refractivity contribution in [3.8, 4) is 0 Å². The normalized spacial score (nSPS) is 21.3. The molecule has 3 N–H and O–H groups in total. The Morgan fingerprint density at radius 2 is 2.13 bits per heavy atom. The number of nitrogens with one attached hydrogen (secondary N) is 1. The number of nitrogens with two attached hydrogens (primary N) is 1. The Balaban J connectivity index is 2.37. The zero-order chi connectivity index (χ0) is 11.3. The molecule has 0 spiro atoms. The molecular formula is C11H22N2O2. The molecule has 15 heavy (non-hydrogen) atoms. The summed E-state index contributed by atoms with van der Waals surface area (Å²) in [5.74, 6) is -0.0442. The van der Waals surface area contributed by atoms with E-state index in [2.05, 4.69) is 5.32 Å². The third kappa shape index (κ3) is 3.18. The van der Waals surface area contributed by atoms with Gasteiger partial charge in [0.15, 0.2) is 0 Å². The van der Waals surface area contributed by atoms with Gasteiger partial charge in [0.05, 0.1) is 0 Å². The van der Waals surface area contributed by atoms with E-state index in [0.29, 0.717) is 13.1 Å². The molecule has 0 heterocycles. The number of rotatable bonds is 5. The van der Waals surface area contributed by atoms with Crippen molar-refractivity contribution in [2.45, 2.75) is 38.7 Å². The second-order valence-corrected chi connectivity index (χ2v) is 4.51. The van der Waals surface area contributed by atoms with Gasteiger partial charge in [-0.1, -0.05) is 12.8 Å². The molecule has 0 aliphatic heterocycles. The summed E-state index contributed by atoms with van der Waals surface area (Å²) in [5, 5.41) is 2.92. The number of ether oxygens (including phenoxy) is 1. The van der Waals surface area contributed by atoms with Gasteiger partial charge in [0.2, 0.25) is 5.91 Å². The minimum atomic E-state index is -0.374. The summed E-state index contributed by atoms with van der Waals surface area (Å²) in [6.07, 6.45) is 4.34. The maximum atomic E-state index is 11.5. The van der Waals surface area contributed by atoms with Crippen molar-refractivity contribution < 1.29 is 9.53 Å². The Bertz CT molecular complexity index is 213. The van der Waals surface area contributed by atoms with E-state index in [0.717, 1.165) is 12.8 Å². The predicted octanol–water partition coefficient (Wildman–Crippen LogP) is 0.657. The maximum absolute atomic E-state index is 11.5. The van der Waals surface area contributed by atoms with Crippen LogP contribution in [0.15, 0.2) is 0 Å². The van der Waals surface area contributed by atoms with E-state index in [9.17, 15) is 4.79 Å². The first-order chi connectivity index (χ1) is 7.13. The van der Waals surface area contributed by atoms with Crippen LogP contribution in [0.1, 0.15) is 32.6 Å². The first-order valence-corrected chi connectivity index (χ1v) is 5.64. The van der Waals surface area contributed by atoms with Crippen LogP contribution in [0.3, 0.4) is 0 Å². The van der Waals surface area contributed by atoms with Gasteiger partial charge in [-0.05, 0) is 31.7 Å². The van der Waals surface area contributed by atoms with E-state index in [4.69, 9.17) is 10.5 Å². The molecule has 0 aromatic heterocycles. The number of methoxy groups -OCH3 is 1. The Kier molecular flexibility index (Phi) is 4.54. The second kappa shape index (κ2) is 5.47. The van der Waals surface area contributed by atoms with E-state index in [-0.39, 0.29) is 17.4 Å². The monoisotopic (exact) mass is 214 g/mol. The second-order valence-electron chi connectivity index (χ2n) is 4.51. The molecular weight excluding hydrogens is 192 g/mol. The third-order valence-corrected chi connectivity index (χ3v) is 3.46. The Labute approximate surface area is 91.5 Å². The number of carbonyl (C=O) groups is 1.